The Balaban J connectivity index is 1.58. The molecule has 0 amide bonds. The molecule has 3 aromatic carbocycles. The fraction of sp³-hybridized carbons (Fsp3) is 0.136. The zero-order chi connectivity index (χ0) is 21.3. The second-order valence-electron chi connectivity index (χ2n) is 6.93. The molecule has 30 heavy (non-hydrogen) atoms. The average Bonchev–Trinajstić information content (AvgIpc) is 3.10. The van der Waals surface area contributed by atoms with Gasteiger partial charge in [0, 0.05) is 15.8 Å². The maximum atomic E-state index is 12.9. The third-order valence-electron chi connectivity index (χ3n) is 4.89. The Morgan fingerprint density at radius 1 is 1.00 bits per heavy atom. The number of carbonyl (C=O) groups is 1. The van der Waals surface area contributed by atoms with Gasteiger partial charge in [0.2, 0.25) is 10.0 Å². The molecule has 1 heterocycles. The first-order valence-corrected chi connectivity index (χ1v) is 11.1. The van der Waals surface area contributed by atoms with Crippen LogP contribution in [-0.2, 0) is 21.2 Å². The quantitative estimate of drug-likeness (QED) is 0.435. The van der Waals surface area contributed by atoms with E-state index in [1.165, 1.54) is 12.1 Å². The van der Waals surface area contributed by atoms with Crippen LogP contribution in [0.3, 0.4) is 0 Å². The van der Waals surface area contributed by atoms with Gasteiger partial charge in [0.15, 0.2) is 0 Å². The number of carboxylic acid groups (broad SMARTS) is 1. The summed E-state index contributed by atoms with van der Waals surface area (Å²) in [5.41, 5.74) is 2.09. The third-order valence-corrected chi connectivity index (χ3v) is 6.61. The van der Waals surface area contributed by atoms with Crippen LogP contribution in [0, 0.1) is 0 Å². The minimum atomic E-state index is -4.05. The van der Waals surface area contributed by atoms with E-state index in [4.69, 9.17) is 16.0 Å². The van der Waals surface area contributed by atoms with Crippen LogP contribution in [0.4, 0.5) is 0 Å². The van der Waals surface area contributed by atoms with Gasteiger partial charge in [-0.25, -0.2) is 8.42 Å². The molecule has 0 fully saturated rings. The topological polar surface area (TPSA) is 96.6 Å². The number of sulfonamides is 1. The SMILES string of the molecule is O=C(O)C(CCc1ccc(Cl)cc1)NS(=O)(=O)c1ccc2oc3ccccc3c2c1. The maximum absolute atomic E-state index is 12.9. The number of furan rings is 1. The van der Waals surface area contributed by atoms with Gasteiger partial charge in [-0.3, -0.25) is 4.79 Å². The van der Waals surface area contributed by atoms with Crippen LogP contribution in [0.5, 0.6) is 0 Å². The molecule has 0 spiro atoms. The summed E-state index contributed by atoms with van der Waals surface area (Å²) >= 11 is 5.86. The fourth-order valence-corrected chi connectivity index (χ4v) is 4.70. The van der Waals surface area contributed by atoms with Crippen molar-refractivity contribution in [3.63, 3.8) is 0 Å². The molecule has 1 atom stereocenters. The van der Waals surface area contributed by atoms with E-state index >= 15 is 0 Å². The van der Waals surface area contributed by atoms with E-state index in [9.17, 15) is 18.3 Å². The summed E-state index contributed by atoms with van der Waals surface area (Å²) < 4.78 is 33.8. The van der Waals surface area contributed by atoms with Gasteiger partial charge < -0.3 is 9.52 Å². The van der Waals surface area contributed by atoms with Gasteiger partial charge in [-0.15, -0.1) is 0 Å². The van der Waals surface area contributed by atoms with Gasteiger partial charge in [0.05, 0.1) is 4.90 Å². The summed E-state index contributed by atoms with van der Waals surface area (Å²) in [6.07, 6.45) is 0.495. The van der Waals surface area contributed by atoms with Crippen LogP contribution in [0.15, 0.2) is 76.0 Å². The smallest absolute Gasteiger partial charge is 0.321 e. The van der Waals surface area contributed by atoms with Crippen LogP contribution in [-0.4, -0.2) is 25.5 Å². The first-order valence-electron chi connectivity index (χ1n) is 9.24. The largest absolute Gasteiger partial charge is 0.480 e. The average molecular weight is 444 g/mol. The lowest BCUT2D eigenvalue weighted by molar-refractivity contribution is -0.139. The lowest BCUT2D eigenvalue weighted by Crippen LogP contribution is -2.41. The van der Waals surface area contributed by atoms with Crippen molar-refractivity contribution < 1.29 is 22.7 Å². The highest BCUT2D eigenvalue weighted by Crippen LogP contribution is 2.30. The Hall–Kier alpha value is -2.87. The van der Waals surface area contributed by atoms with Crippen LogP contribution < -0.4 is 4.72 Å². The predicted octanol–water partition coefficient (Wildman–Crippen LogP) is 4.60. The molecular weight excluding hydrogens is 426 g/mol. The van der Waals surface area contributed by atoms with Crippen LogP contribution in [0.1, 0.15) is 12.0 Å². The number of rotatable bonds is 7. The molecule has 8 heteroatoms. The molecule has 0 bridgehead atoms. The van der Waals surface area contributed by atoms with Gasteiger partial charge in [0.1, 0.15) is 17.2 Å². The van der Waals surface area contributed by atoms with Crippen LogP contribution >= 0.6 is 11.6 Å². The van der Waals surface area contributed by atoms with Crippen LogP contribution in [0.25, 0.3) is 21.9 Å². The number of carboxylic acids is 1. The van der Waals surface area contributed by atoms with Gasteiger partial charge in [-0.1, -0.05) is 41.9 Å². The number of hydrogen-bond donors (Lipinski definition) is 2. The fourth-order valence-electron chi connectivity index (χ4n) is 3.32. The van der Waals surface area contributed by atoms with Crippen molar-refractivity contribution in [3.05, 3.63) is 77.3 Å². The lowest BCUT2D eigenvalue weighted by Gasteiger charge is -2.15. The summed E-state index contributed by atoms with van der Waals surface area (Å²) in [6, 6.07) is 17.5. The number of benzene rings is 3. The molecule has 0 aliphatic heterocycles. The molecule has 4 aromatic rings. The van der Waals surface area contributed by atoms with Crippen molar-refractivity contribution in [3.8, 4) is 0 Å². The van der Waals surface area contributed by atoms with E-state index < -0.39 is 22.0 Å². The molecule has 0 radical (unpaired) electrons. The summed E-state index contributed by atoms with van der Waals surface area (Å²) in [5, 5.41) is 11.6. The van der Waals surface area contributed by atoms with Gasteiger partial charge in [-0.05, 0) is 54.8 Å². The van der Waals surface area contributed by atoms with Crippen molar-refractivity contribution in [2.45, 2.75) is 23.8 Å². The summed E-state index contributed by atoms with van der Waals surface area (Å²) in [6.45, 7) is 0. The highest BCUT2D eigenvalue weighted by Gasteiger charge is 2.26. The van der Waals surface area contributed by atoms with E-state index in [0.717, 1.165) is 10.9 Å². The number of aryl methyl sites for hydroxylation is 1. The van der Waals surface area contributed by atoms with E-state index in [1.807, 2.05) is 18.2 Å². The molecular formula is C22H18ClNO5S. The second-order valence-corrected chi connectivity index (χ2v) is 9.08. The van der Waals surface area contributed by atoms with Crippen molar-refractivity contribution in [1.29, 1.82) is 0 Å². The molecule has 4 rings (SSSR count). The summed E-state index contributed by atoms with van der Waals surface area (Å²) in [4.78, 5) is 11.7. The number of hydrogen-bond acceptors (Lipinski definition) is 4. The molecule has 0 saturated heterocycles. The molecule has 6 nitrogen and oxygen atoms in total. The Kier molecular flexibility index (Phi) is 5.51. The monoisotopic (exact) mass is 443 g/mol. The van der Waals surface area contributed by atoms with Gasteiger partial charge in [-0.2, -0.15) is 4.72 Å². The molecule has 2 N–H and O–H groups in total. The van der Waals surface area contributed by atoms with Crippen LogP contribution in [0.2, 0.25) is 5.02 Å². The number of para-hydroxylation sites is 1. The molecule has 1 aromatic heterocycles. The predicted molar refractivity (Wildman–Crippen MR) is 115 cm³/mol. The highest BCUT2D eigenvalue weighted by molar-refractivity contribution is 7.89. The Morgan fingerprint density at radius 2 is 1.70 bits per heavy atom. The van der Waals surface area contributed by atoms with Crippen molar-refractivity contribution in [2.75, 3.05) is 0 Å². The first kappa shape index (κ1) is 20.4. The normalized spacial score (nSPS) is 13.0. The van der Waals surface area contributed by atoms with E-state index in [1.54, 1.807) is 36.4 Å². The Morgan fingerprint density at radius 3 is 2.43 bits per heavy atom. The lowest BCUT2D eigenvalue weighted by atomic mass is 10.1. The van der Waals surface area contributed by atoms with E-state index in [2.05, 4.69) is 4.72 Å². The highest BCUT2D eigenvalue weighted by atomic mass is 35.5. The van der Waals surface area contributed by atoms with E-state index in [0.29, 0.717) is 28.0 Å². The van der Waals surface area contributed by atoms with Crippen molar-refractivity contribution in [2.24, 2.45) is 0 Å². The van der Waals surface area contributed by atoms with Crippen molar-refractivity contribution in [1.82, 2.24) is 4.72 Å². The zero-order valence-electron chi connectivity index (χ0n) is 15.7. The second kappa shape index (κ2) is 8.10. The molecule has 0 aliphatic carbocycles. The first-order chi connectivity index (χ1) is 14.3. The Bertz CT molecular complexity index is 1330. The molecule has 0 saturated carbocycles. The number of aliphatic carboxylic acids is 1. The molecule has 0 aliphatic rings. The molecule has 154 valence electrons. The maximum Gasteiger partial charge on any atom is 0.321 e. The third kappa shape index (κ3) is 4.18. The number of nitrogens with one attached hydrogen (secondary N) is 1. The zero-order valence-corrected chi connectivity index (χ0v) is 17.3. The minimum absolute atomic E-state index is 0.0145. The Labute approximate surface area is 178 Å². The van der Waals surface area contributed by atoms with E-state index in [-0.39, 0.29) is 11.3 Å². The summed E-state index contributed by atoms with van der Waals surface area (Å²) in [7, 11) is -4.05. The van der Waals surface area contributed by atoms with Gasteiger partial charge >= 0.3 is 5.97 Å². The van der Waals surface area contributed by atoms with Crippen molar-refractivity contribution >= 4 is 49.5 Å². The number of halogens is 1. The molecule has 1 unspecified atom stereocenters. The standard InChI is InChI=1S/C22H18ClNO5S/c23-15-8-5-14(6-9-15)7-11-19(22(25)26)24-30(27,28)16-10-12-21-18(13-16)17-3-1-2-4-20(17)29-21/h1-6,8-10,12-13,19,24H,7,11H2,(H,25,26). The van der Waals surface area contributed by atoms with Gasteiger partial charge in [0.25, 0.3) is 0 Å². The number of fused-ring (bicyclic) bond motifs is 3. The summed E-state index contributed by atoms with van der Waals surface area (Å²) in [5.74, 6) is -1.23. The minimum Gasteiger partial charge on any atom is -0.480 e.